The van der Waals surface area contributed by atoms with Crippen LogP contribution < -0.4 is 24.8 Å². The van der Waals surface area contributed by atoms with E-state index in [0.29, 0.717) is 0 Å². The minimum absolute atomic E-state index is 0. The molecule has 4 aromatic carbocycles. The molecule has 0 aromatic heterocycles. The molecule has 0 saturated carbocycles. The Morgan fingerprint density at radius 1 is 0.727 bits per heavy atom. The van der Waals surface area contributed by atoms with Gasteiger partial charge in [-0.25, -0.2) is 12.2 Å². The second kappa shape index (κ2) is 16.7. The number of halogens is 4. The minimum Gasteiger partial charge on any atom is -1.00 e. The van der Waals surface area contributed by atoms with Gasteiger partial charge in [-0.2, -0.15) is 29.8 Å². The monoisotopic (exact) mass is 736 g/mol. The fraction of sp³-hybridized carbons (Fsp3) is 0.256. The Morgan fingerprint density at radius 2 is 1.32 bits per heavy atom. The summed E-state index contributed by atoms with van der Waals surface area (Å²) in [4.78, 5) is 0. The minimum atomic E-state index is 0. The first-order valence-corrected chi connectivity index (χ1v) is 16.3. The average molecular weight is 740 g/mol. The maximum Gasteiger partial charge on any atom is -0.109 e. The van der Waals surface area contributed by atoms with E-state index in [1.54, 1.807) is 0 Å². The van der Waals surface area contributed by atoms with Crippen LogP contribution >= 0.6 is 23.2 Å². The van der Waals surface area contributed by atoms with Gasteiger partial charge in [0.2, 0.25) is 0 Å². The summed E-state index contributed by atoms with van der Waals surface area (Å²) in [5, 5.41) is 1.53. The van der Waals surface area contributed by atoms with Gasteiger partial charge in [-0.1, -0.05) is 65.3 Å². The Balaban J connectivity index is 0.000000260. The molecule has 0 radical (unpaired) electrons. The fourth-order valence-corrected chi connectivity index (χ4v) is 5.97. The predicted molar refractivity (Wildman–Crippen MR) is 179 cm³/mol. The van der Waals surface area contributed by atoms with E-state index in [1.165, 1.54) is 60.8 Å². The second-order valence-corrected chi connectivity index (χ2v) is 14.8. The van der Waals surface area contributed by atoms with Gasteiger partial charge in [-0.05, 0) is 28.4 Å². The number of hydrogen-bond donors (Lipinski definition) is 0. The molecule has 2 aliphatic carbocycles. The maximum atomic E-state index is 5.98. The van der Waals surface area contributed by atoms with Crippen molar-refractivity contribution in [3.05, 3.63) is 153 Å². The zero-order valence-corrected chi connectivity index (χ0v) is 31.6. The molecule has 5 heteroatoms. The summed E-state index contributed by atoms with van der Waals surface area (Å²) < 4.78 is 1.26. The van der Waals surface area contributed by atoms with Crippen molar-refractivity contribution >= 4 is 26.4 Å². The summed E-state index contributed by atoms with van der Waals surface area (Å²) >= 11 is 13.3. The summed E-state index contributed by atoms with van der Waals surface area (Å²) in [5.41, 5.74) is 11.0. The first kappa shape index (κ1) is 38.5. The number of hydrogen-bond acceptors (Lipinski definition) is 0. The third-order valence-electron chi connectivity index (χ3n) is 7.28. The van der Waals surface area contributed by atoms with E-state index in [4.69, 9.17) is 23.2 Å². The van der Waals surface area contributed by atoms with Crippen LogP contribution in [0.3, 0.4) is 0 Å². The Kier molecular flexibility index (Phi) is 14.6. The van der Waals surface area contributed by atoms with Crippen molar-refractivity contribution in [3.63, 3.8) is 0 Å². The van der Waals surface area contributed by atoms with Crippen molar-refractivity contribution in [1.29, 1.82) is 0 Å². The molecule has 228 valence electrons. The predicted octanol–water partition coefficient (Wildman–Crippen LogP) is 5.08. The van der Waals surface area contributed by atoms with Gasteiger partial charge in [0.1, 0.15) is 0 Å². The molecular weight excluding hydrogens is 701 g/mol. The van der Waals surface area contributed by atoms with Crippen LogP contribution in [0.4, 0.5) is 0 Å². The molecule has 0 N–H and O–H groups in total. The van der Waals surface area contributed by atoms with E-state index in [2.05, 4.69) is 102 Å². The van der Waals surface area contributed by atoms with Crippen LogP contribution in [0.5, 0.6) is 0 Å². The van der Waals surface area contributed by atoms with Gasteiger partial charge in [-0.15, -0.1) is 17.5 Å². The summed E-state index contributed by atoms with van der Waals surface area (Å²) in [6, 6.07) is 31.0. The van der Waals surface area contributed by atoms with Crippen LogP contribution in [0.1, 0.15) is 81.3 Å². The Labute approximate surface area is 302 Å². The molecular formula is C39H38Cl4Zr-2. The first-order valence-electron chi connectivity index (χ1n) is 14.3. The standard InChI is InChI=1S/C21H25.C13H8Cl2.C5H5.2ClH.Zr/c1-20(2,3)16-7-9-18-14(12-16)11-15-13-17(21(4,5)6)8-10-19(15)18;14-12-5-1-3-10(8-12)7-11-4-2-6-13(15)9-11;1-2-4-5-3-1;;;/h7-10,12H,11H2,1-6H3;1-6,8-9H;1-3H,4H2;2*1H;/q-1;;-1;;;+2/p-2. The van der Waals surface area contributed by atoms with E-state index in [9.17, 15) is 0 Å². The summed E-state index contributed by atoms with van der Waals surface area (Å²) in [6.45, 7) is 13.6. The van der Waals surface area contributed by atoms with Crippen molar-refractivity contribution in [2.45, 2.75) is 65.2 Å². The van der Waals surface area contributed by atoms with Crippen molar-refractivity contribution in [3.8, 4) is 11.1 Å². The number of rotatable bonds is 2. The topological polar surface area (TPSA) is 0 Å². The molecule has 0 atom stereocenters. The summed E-state index contributed by atoms with van der Waals surface area (Å²) in [6.07, 6.45) is 11.0. The van der Waals surface area contributed by atoms with Gasteiger partial charge in [0, 0.05) is 0 Å². The largest absolute Gasteiger partial charge is 1.00 e. The molecule has 44 heavy (non-hydrogen) atoms. The van der Waals surface area contributed by atoms with Gasteiger partial charge in [0.05, 0.1) is 0 Å². The van der Waals surface area contributed by atoms with Gasteiger partial charge in [0.15, 0.2) is 0 Å². The van der Waals surface area contributed by atoms with Gasteiger partial charge < -0.3 is 24.8 Å². The maximum absolute atomic E-state index is 5.98. The third-order valence-corrected chi connectivity index (χ3v) is 9.17. The number of allylic oxidation sites excluding steroid dienone is 4. The average Bonchev–Trinajstić information content (AvgIpc) is 3.63. The van der Waals surface area contributed by atoms with Crippen LogP contribution in [-0.2, 0) is 41.5 Å². The van der Waals surface area contributed by atoms with E-state index in [-0.39, 0.29) is 35.6 Å². The third kappa shape index (κ3) is 10.4. The Morgan fingerprint density at radius 3 is 1.77 bits per heavy atom. The van der Waals surface area contributed by atoms with Gasteiger partial charge in [-0.3, -0.25) is 6.08 Å². The molecule has 0 nitrogen and oxygen atoms in total. The molecule has 0 heterocycles. The van der Waals surface area contributed by atoms with Crippen molar-refractivity contribution in [1.82, 2.24) is 0 Å². The number of fused-ring (bicyclic) bond motifs is 3. The zero-order valence-electron chi connectivity index (χ0n) is 26.2. The van der Waals surface area contributed by atoms with Crippen LogP contribution in [0.2, 0.25) is 10.0 Å². The van der Waals surface area contributed by atoms with E-state index < -0.39 is 0 Å². The molecule has 6 rings (SSSR count). The molecule has 0 bridgehead atoms. The molecule has 0 amide bonds. The second-order valence-electron chi connectivity index (χ2n) is 12.7. The molecule has 0 spiro atoms. The molecule has 4 aromatic rings. The fourth-order valence-electron chi connectivity index (χ4n) is 4.82. The quantitative estimate of drug-likeness (QED) is 0.222. The van der Waals surface area contributed by atoms with Crippen molar-refractivity contribution in [2.24, 2.45) is 0 Å². The van der Waals surface area contributed by atoms with E-state index in [0.717, 1.165) is 34.0 Å². The molecule has 2 aliphatic rings. The van der Waals surface area contributed by atoms with Crippen molar-refractivity contribution in [2.75, 3.05) is 0 Å². The summed E-state index contributed by atoms with van der Waals surface area (Å²) in [5.74, 6) is 0. The summed E-state index contributed by atoms with van der Waals surface area (Å²) in [7, 11) is 0. The molecule has 0 unspecified atom stereocenters. The SMILES string of the molecule is CC(C)(C)c1[c-]c2c(cc1)-c1ccc(C(C)(C)C)cc1C2.Clc1cccc([C](=[Zr+2])c2cccc(Cl)c2)c1.[C-]1=CC=CC1.[Cl-].[Cl-]. The van der Waals surface area contributed by atoms with Crippen LogP contribution in [-0.4, -0.2) is 3.21 Å². The normalized spacial score (nSPS) is 12.4. The van der Waals surface area contributed by atoms with E-state index in [1.807, 2.05) is 48.6 Å². The zero-order chi connectivity index (χ0) is 30.5. The molecule has 0 aliphatic heterocycles. The molecule has 0 fully saturated rings. The molecule has 0 saturated heterocycles. The smallest absolute Gasteiger partial charge is 0.109 e. The van der Waals surface area contributed by atoms with Crippen LogP contribution in [0.25, 0.3) is 11.1 Å². The van der Waals surface area contributed by atoms with Gasteiger partial charge in [0.25, 0.3) is 0 Å². The Hall–Kier alpha value is -1.73. The first-order chi connectivity index (χ1) is 19.8. The van der Waals surface area contributed by atoms with Crippen molar-refractivity contribution < 1.29 is 49.0 Å². The van der Waals surface area contributed by atoms with E-state index >= 15 is 0 Å². The van der Waals surface area contributed by atoms with Gasteiger partial charge >= 0.3 is 120 Å². The van der Waals surface area contributed by atoms with Crippen LogP contribution in [0.15, 0.2) is 97.1 Å². The number of benzene rings is 4. The van der Waals surface area contributed by atoms with Crippen LogP contribution in [0, 0.1) is 12.1 Å². The Bertz CT molecular complexity index is 1520.